The van der Waals surface area contributed by atoms with Crippen LogP contribution in [0.25, 0.3) is 44.2 Å². The van der Waals surface area contributed by atoms with Crippen LogP contribution in [0, 0.1) is 17.8 Å². The summed E-state index contributed by atoms with van der Waals surface area (Å²) >= 11 is 0. The van der Waals surface area contributed by atoms with Gasteiger partial charge in [-0.25, -0.2) is 19.6 Å². The first-order chi connectivity index (χ1) is 31.3. The zero-order chi connectivity index (χ0) is 45.7. The minimum atomic E-state index is -1.14. The molecular weight excluding hydrogens is 833 g/mol. The molecule has 3 saturated heterocycles. The van der Waals surface area contributed by atoms with E-state index < -0.39 is 30.3 Å². The minimum absolute atomic E-state index is 0.0258. The molecule has 0 spiro atoms. The molecule has 0 aliphatic carbocycles. The number of methoxy groups -OCH3 is 2. The van der Waals surface area contributed by atoms with Crippen molar-refractivity contribution in [2.24, 2.45) is 17.8 Å². The van der Waals surface area contributed by atoms with E-state index in [4.69, 9.17) is 28.9 Å². The largest absolute Gasteiger partial charge is 0.488 e. The quantitative estimate of drug-likeness (QED) is 0.106. The van der Waals surface area contributed by atoms with E-state index in [1.807, 2.05) is 42.8 Å². The van der Waals surface area contributed by atoms with Crippen molar-refractivity contribution < 1.29 is 43.2 Å². The Balaban J connectivity index is 0.978. The Labute approximate surface area is 377 Å². The van der Waals surface area contributed by atoms with Crippen LogP contribution in [0.1, 0.15) is 82.2 Å². The number of hydrogen-bond acceptors (Lipinski definition) is 10. The van der Waals surface area contributed by atoms with Gasteiger partial charge < -0.3 is 49.1 Å². The van der Waals surface area contributed by atoms with Crippen molar-refractivity contribution in [3.8, 4) is 28.1 Å². The summed E-state index contributed by atoms with van der Waals surface area (Å²) in [7, 11) is 4.42. The van der Waals surface area contributed by atoms with Crippen molar-refractivity contribution in [3.05, 3.63) is 65.9 Å². The molecule has 3 aromatic carbocycles. The molecule has 344 valence electrons. The number of H-pyrrole nitrogens is 2. The zero-order valence-electron chi connectivity index (χ0n) is 37.8. The van der Waals surface area contributed by atoms with Crippen LogP contribution in [0.4, 0.5) is 9.59 Å². The van der Waals surface area contributed by atoms with Crippen LogP contribution in [0.2, 0.25) is 0 Å². The van der Waals surface area contributed by atoms with Gasteiger partial charge in [-0.05, 0) is 97.2 Å². The van der Waals surface area contributed by atoms with Gasteiger partial charge >= 0.3 is 12.2 Å². The highest BCUT2D eigenvalue weighted by atomic mass is 16.5. The van der Waals surface area contributed by atoms with Gasteiger partial charge in [-0.2, -0.15) is 0 Å². The van der Waals surface area contributed by atoms with Crippen LogP contribution < -0.4 is 10.1 Å². The van der Waals surface area contributed by atoms with E-state index in [1.54, 1.807) is 7.11 Å². The van der Waals surface area contributed by atoms with Crippen LogP contribution in [0.15, 0.2) is 48.7 Å². The zero-order valence-corrected chi connectivity index (χ0v) is 37.8. The van der Waals surface area contributed by atoms with Gasteiger partial charge in [-0.15, -0.1) is 0 Å². The molecule has 4 aliphatic rings. The number of rotatable bonds is 11. The number of fused-ring (bicyclic) bond motifs is 6. The Morgan fingerprint density at radius 3 is 2.51 bits per heavy atom. The van der Waals surface area contributed by atoms with Gasteiger partial charge in [0.1, 0.15) is 36.1 Å². The molecule has 65 heavy (non-hydrogen) atoms. The molecule has 17 heteroatoms. The molecule has 6 heterocycles. The fraction of sp³-hybridized carbons (Fsp3) is 0.500. The number of benzene rings is 3. The number of aromatic amines is 2. The first kappa shape index (κ1) is 44.0. The maximum absolute atomic E-state index is 14.5. The number of nitrogens with zero attached hydrogens (tertiary/aromatic N) is 5. The summed E-state index contributed by atoms with van der Waals surface area (Å²) in [5.74, 6) is 1.48. The third-order valence-electron chi connectivity index (χ3n) is 14.0. The number of likely N-dealkylation sites (N-methyl/N-ethyl adjacent to an activating group) is 1. The highest BCUT2D eigenvalue weighted by Crippen LogP contribution is 2.44. The molecule has 0 radical (unpaired) electrons. The van der Waals surface area contributed by atoms with Crippen LogP contribution >= 0.6 is 0 Å². The second-order valence-corrected chi connectivity index (χ2v) is 18.4. The number of amides is 4. The number of alkyl carbamates (subject to hydrolysis) is 1. The van der Waals surface area contributed by atoms with Crippen molar-refractivity contribution in [2.45, 2.75) is 89.7 Å². The highest BCUT2D eigenvalue weighted by molar-refractivity contribution is 6.07. The standard InChI is InChI=1S/C48H58N8O9/c1-25(2)40(53-47(59)63-6)45(57)56-26(3)7-12-37(56)43-49-21-36(51-43)30-8-10-32-31(18-30)24-65-39-20-33-29(19-34(32)39)9-11-35-41(33)52-44(50-35)38-17-27(23-62-5)22-55(38)46(58)42(54(4)48(60)61)28-13-15-64-16-14-28/h8-11,18-21,25-28,37-38,40,42H,7,12-17,22-24H2,1-6H3,(H,49,51)(H,50,52)(H,53,59)(H,60,61)/t26-,27-,37-,38-,40-,42-/m0/s1. The van der Waals surface area contributed by atoms with Crippen LogP contribution in [-0.4, -0.2) is 130 Å². The Bertz CT molecular complexity index is 2620. The highest BCUT2D eigenvalue weighted by Gasteiger charge is 2.45. The molecule has 17 nitrogen and oxygen atoms in total. The summed E-state index contributed by atoms with van der Waals surface area (Å²) in [6.45, 7) is 8.07. The van der Waals surface area contributed by atoms with E-state index in [-0.39, 0.29) is 41.7 Å². The van der Waals surface area contributed by atoms with Gasteiger partial charge in [0.25, 0.3) is 0 Å². The topological polar surface area (TPSA) is 205 Å². The maximum atomic E-state index is 14.5. The van der Waals surface area contributed by atoms with Crippen molar-refractivity contribution in [1.82, 2.24) is 40.0 Å². The number of carbonyl (C=O) groups excluding carboxylic acids is 3. The molecule has 9 rings (SSSR count). The molecule has 4 N–H and O–H groups in total. The number of nitrogens with one attached hydrogen (secondary N) is 3. The van der Waals surface area contributed by atoms with Gasteiger partial charge in [0.2, 0.25) is 11.8 Å². The van der Waals surface area contributed by atoms with Gasteiger partial charge in [0.15, 0.2) is 0 Å². The number of hydrogen-bond donors (Lipinski definition) is 4. The van der Waals surface area contributed by atoms with Gasteiger partial charge in [0, 0.05) is 56.8 Å². The van der Waals surface area contributed by atoms with Crippen molar-refractivity contribution in [3.63, 3.8) is 0 Å². The van der Waals surface area contributed by atoms with E-state index in [9.17, 15) is 24.3 Å². The van der Waals surface area contributed by atoms with Crippen LogP contribution in [-0.2, 0) is 30.4 Å². The first-order valence-corrected chi connectivity index (χ1v) is 22.6. The van der Waals surface area contributed by atoms with E-state index in [0.29, 0.717) is 63.9 Å². The number of carbonyl (C=O) groups is 4. The second kappa shape index (κ2) is 18.0. The van der Waals surface area contributed by atoms with E-state index >= 15 is 0 Å². The van der Waals surface area contributed by atoms with Crippen molar-refractivity contribution in [2.75, 3.05) is 47.6 Å². The SMILES string of the molecule is COC[C@H]1C[C@@H](c2nc3ccc4cc5c(cc4c3[nH]2)OCc2cc(-c3cnc([C@@H]4CC[C@H](C)N4C(=O)[C@@H](NC(=O)OC)C(C)C)[nH]3)ccc2-5)N(C(=O)[C@H](C2CCOCC2)N(C)C(=O)O)C1. The average molecular weight is 891 g/mol. The van der Waals surface area contributed by atoms with Crippen LogP contribution in [0.3, 0.4) is 0 Å². The Hall–Kier alpha value is -6.20. The second-order valence-electron chi connectivity index (χ2n) is 18.4. The number of imidazole rings is 2. The lowest BCUT2D eigenvalue weighted by Crippen LogP contribution is -2.53. The monoisotopic (exact) mass is 890 g/mol. The average Bonchev–Trinajstić information content (AvgIpc) is 4.13. The molecule has 4 aliphatic heterocycles. The molecule has 0 bridgehead atoms. The van der Waals surface area contributed by atoms with E-state index in [0.717, 1.165) is 73.2 Å². The molecule has 0 saturated carbocycles. The first-order valence-electron chi connectivity index (χ1n) is 22.6. The number of ether oxygens (including phenoxy) is 4. The van der Waals surface area contributed by atoms with Gasteiger partial charge in [0.05, 0.1) is 48.7 Å². The number of likely N-dealkylation sites (tertiary alicyclic amines) is 2. The van der Waals surface area contributed by atoms with Gasteiger partial charge in [-0.3, -0.25) is 14.5 Å². The Morgan fingerprint density at radius 2 is 1.77 bits per heavy atom. The summed E-state index contributed by atoms with van der Waals surface area (Å²) in [6.07, 6.45) is 3.43. The summed E-state index contributed by atoms with van der Waals surface area (Å²) < 4.78 is 22.4. The lowest BCUT2D eigenvalue weighted by Gasteiger charge is -2.37. The summed E-state index contributed by atoms with van der Waals surface area (Å²) in [5.41, 5.74) is 6.43. The lowest BCUT2D eigenvalue weighted by molar-refractivity contribution is -0.140. The summed E-state index contributed by atoms with van der Waals surface area (Å²) in [6, 6.07) is 12.3. The van der Waals surface area contributed by atoms with Crippen molar-refractivity contribution >= 4 is 45.8 Å². The lowest BCUT2D eigenvalue weighted by atomic mass is 9.89. The fourth-order valence-corrected chi connectivity index (χ4v) is 10.6. The van der Waals surface area contributed by atoms with E-state index in [2.05, 4.69) is 51.7 Å². The Morgan fingerprint density at radius 1 is 0.969 bits per heavy atom. The molecule has 3 fully saturated rings. The van der Waals surface area contributed by atoms with Crippen LogP contribution in [0.5, 0.6) is 5.75 Å². The molecule has 2 aromatic heterocycles. The molecular formula is C48H58N8O9. The predicted octanol–water partition coefficient (Wildman–Crippen LogP) is 7.04. The molecule has 6 atom stereocenters. The number of carboxylic acid groups (broad SMARTS) is 1. The third-order valence-corrected chi connectivity index (χ3v) is 14.0. The number of aromatic nitrogens is 4. The normalized spacial score (nSPS) is 21.8. The smallest absolute Gasteiger partial charge is 0.407 e. The van der Waals surface area contributed by atoms with E-state index in [1.165, 1.54) is 14.2 Å². The minimum Gasteiger partial charge on any atom is -0.488 e. The fourth-order valence-electron chi connectivity index (χ4n) is 10.6. The van der Waals surface area contributed by atoms with Crippen molar-refractivity contribution in [1.29, 1.82) is 0 Å². The molecule has 0 unspecified atom stereocenters. The maximum Gasteiger partial charge on any atom is 0.407 e. The third kappa shape index (κ3) is 8.24. The molecule has 5 aromatic rings. The summed E-state index contributed by atoms with van der Waals surface area (Å²) in [4.78, 5) is 74.6. The Kier molecular flexibility index (Phi) is 12.2. The predicted molar refractivity (Wildman–Crippen MR) is 241 cm³/mol. The molecule has 4 amide bonds. The summed E-state index contributed by atoms with van der Waals surface area (Å²) in [5, 5.41) is 14.7. The van der Waals surface area contributed by atoms with Gasteiger partial charge in [-0.1, -0.05) is 32.0 Å².